The number of benzene rings is 2. The van der Waals surface area contributed by atoms with Gasteiger partial charge in [0.2, 0.25) is 5.95 Å². The molecule has 0 radical (unpaired) electrons. The highest BCUT2D eigenvalue weighted by Crippen LogP contribution is 2.16. The second kappa shape index (κ2) is 8.71. The molecule has 0 spiro atoms. The topological polar surface area (TPSA) is 66.9 Å². The Labute approximate surface area is 151 Å². The van der Waals surface area contributed by atoms with Gasteiger partial charge in [-0.1, -0.05) is 42.5 Å². The molecule has 0 saturated carbocycles. The highest BCUT2D eigenvalue weighted by atomic mass is 19.1. The first-order valence-corrected chi connectivity index (χ1v) is 8.39. The molecule has 1 heterocycles. The molecule has 0 saturated heterocycles. The standard InChI is InChI=1S/C20H19FN4O/c21-16-10-4-5-11-17(16)24-20-23-14-12-18(25-20)19(26)22-13-6-9-15-7-2-1-3-8-15/h1-5,7-8,10-12,14H,6,9,13H2,(H,22,26)(H,23,24,25). The van der Waals surface area contributed by atoms with Gasteiger partial charge in [-0.05, 0) is 36.6 Å². The number of aryl methyl sites for hydroxylation is 1. The predicted octanol–water partition coefficient (Wildman–Crippen LogP) is 3.72. The molecular formula is C20H19FN4O. The van der Waals surface area contributed by atoms with Crippen LogP contribution in [0.5, 0.6) is 0 Å². The van der Waals surface area contributed by atoms with Crippen molar-refractivity contribution in [2.45, 2.75) is 12.8 Å². The van der Waals surface area contributed by atoms with E-state index in [4.69, 9.17) is 0 Å². The van der Waals surface area contributed by atoms with Gasteiger partial charge in [-0.25, -0.2) is 14.4 Å². The lowest BCUT2D eigenvalue weighted by atomic mass is 10.1. The average molecular weight is 350 g/mol. The fourth-order valence-electron chi connectivity index (χ4n) is 2.46. The minimum Gasteiger partial charge on any atom is -0.351 e. The number of nitrogens with one attached hydrogen (secondary N) is 2. The van der Waals surface area contributed by atoms with Crippen molar-refractivity contribution in [3.8, 4) is 0 Å². The first-order valence-electron chi connectivity index (χ1n) is 8.39. The quantitative estimate of drug-likeness (QED) is 0.637. The summed E-state index contributed by atoms with van der Waals surface area (Å²) >= 11 is 0. The summed E-state index contributed by atoms with van der Waals surface area (Å²) in [4.78, 5) is 20.4. The normalized spacial score (nSPS) is 10.3. The zero-order valence-electron chi connectivity index (χ0n) is 14.2. The van der Waals surface area contributed by atoms with Crippen LogP contribution in [0.25, 0.3) is 0 Å². The van der Waals surface area contributed by atoms with E-state index in [0.29, 0.717) is 6.54 Å². The van der Waals surface area contributed by atoms with E-state index in [1.54, 1.807) is 18.2 Å². The van der Waals surface area contributed by atoms with E-state index in [2.05, 4.69) is 32.7 Å². The molecule has 1 aromatic heterocycles. The Morgan fingerprint density at radius 1 is 1.00 bits per heavy atom. The van der Waals surface area contributed by atoms with Crippen molar-refractivity contribution >= 4 is 17.5 Å². The second-order valence-corrected chi connectivity index (χ2v) is 5.72. The molecule has 0 fully saturated rings. The van der Waals surface area contributed by atoms with E-state index in [1.165, 1.54) is 23.9 Å². The maximum absolute atomic E-state index is 13.7. The lowest BCUT2D eigenvalue weighted by molar-refractivity contribution is 0.0948. The summed E-state index contributed by atoms with van der Waals surface area (Å²) in [7, 11) is 0. The van der Waals surface area contributed by atoms with E-state index >= 15 is 0 Å². The Balaban J connectivity index is 1.54. The molecule has 5 nitrogen and oxygen atoms in total. The van der Waals surface area contributed by atoms with Crippen molar-refractivity contribution < 1.29 is 9.18 Å². The van der Waals surface area contributed by atoms with Crippen molar-refractivity contribution in [2.75, 3.05) is 11.9 Å². The number of para-hydroxylation sites is 1. The van der Waals surface area contributed by atoms with Crippen LogP contribution in [0.15, 0.2) is 66.9 Å². The number of halogens is 1. The second-order valence-electron chi connectivity index (χ2n) is 5.72. The molecule has 3 aromatic rings. The molecule has 0 aliphatic rings. The van der Waals surface area contributed by atoms with Gasteiger partial charge in [0.25, 0.3) is 5.91 Å². The van der Waals surface area contributed by atoms with Crippen LogP contribution >= 0.6 is 0 Å². The number of nitrogens with zero attached hydrogens (tertiary/aromatic N) is 2. The van der Waals surface area contributed by atoms with E-state index in [9.17, 15) is 9.18 Å². The summed E-state index contributed by atoms with van der Waals surface area (Å²) in [6, 6.07) is 17.8. The van der Waals surface area contributed by atoms with Crippen LogP contribution in [0, 0.1) is 5.82 Å². The third-order valence-corrected chi connectivity index (χ3v) is 3.78. The number of amides is 1. The van der Waals surface area contributed by atoms with Gasteiger partial charge in [-0.2, -0.15) is 0 Å². The summed E-state index contributed by atoms with van der Waals surface area (Å²) in [5, 5.41) is 5.62. The van der Waals surface area contributed by atoms with Gasteiger partial charge >= 0.3 is 0 Å². The maximum atomic E-state index is 13.7. The molecule has 6 heteroatoms. The molecule has 26 heavy (non-hydrogen) atoms. The maximum Gasteiger partial charge on any atom is 0.270 e. The van der Waals surface area contributed by atoms with Gasteiger partial charge in [0, 0.05) is 12.7 Å². The zero-order valence-corrected chi connectivity index (χ0v) is 14.2. The van der Waals surface area contributed by atoms with Crippen LogP contribution in [0.3, 0.4) is 0 Å². The first kappa shape index (κ1) is 17.5. The fraction of sp³-hybridized carbons (Fsp3) is 0.150. The van der Waals surface area contributed by atoms with Crippen LogP contribution in [0.1, 0.15) is 22.5 Å². The Morgan fingerprint density at radius 3 is 2.58 bits per heavy atom. The molecule has 0 aliphatic heterocycles. The number of aromatic nitrogens is 2. The molecule has 1 amide bonds. The van der Waals surface area contributed by atoms with Crippen LogP contribution in [-0.2, 0) is 6.42 Å². The molecule has 0 atom stereocenters. The molecule has 0 unspecified atom stereocenters. The number of anilines is 2. The number of rotatable bonds is 7. The highest BCUT2D eigenvalue weighted by molar-refractivity contribution is 5.92. The van der Waals surface area contributed by atoms with Crippen molar-refractivity contribution in [3.63, 3.8) is 0 Å². The summed E-state index contributed by atoms with van der Waals surface area (Å²) in [6.45, 7) is 0.549. The molecule has 2 N–H and O–H groups in total. The summed E-state index contributed by atoms with van der Waals surface area (Å²) in [5.41, 5.74) is 1.73. The van der Waals surface area contributed by atoms with Crippen molar-refractivity contribution in [1.29, 1.82) is 0 Å². The van der Waals surface area contributed by atoms with Gasteiger partial charge in [-0.15, -0.1) is 0 Å². The minimum absolute atomic E-state index is 0.173. The Morgan fingerprint density at radius 2 is 1.77 bits per heavy atom. The van der Waals surface area contributed by atoms with Gasteiger partial charge in [0.1, 0.15) is 11.5 Å². The smallest absolute Gasteiger partial charge is 0.270 e. The third kappa shape index (κ3) is 4.86. The van der Waals surface area contributed by atoms with Gasteiger partial charge in [0.15, 0.2) is 0 Å². The van der Waals surface area contributed by atoms with Crippen LogP contribution < -0.4 is 10.6 Å². The summed E-state index contributed by atoms with van der Waals surface area (Å²) < 4.78 is 13.7. The molecular weight excluding hydrogens is 331 g/mol. The number of hydrogen-bond donors (Lipinski definition) is 2. The van der Waals surface area contributed by atoms with Crippen molar-refractivity contribution in [3.05, 3.63) is 83.9 Å². The van der Waals surface area contributed by atoms with E-state index in [-0.39, 0.29) is 23.2 Å². The van der Waals surface area contributed by atoms with E-state index < -0.39 is 5.82 Å². The number of carbonyl (C=O) groups excluding carboxylic acids is 1. The largest absolute Gasteiger partial charge is 0.351 e. The predicted molar refractivity (Wildman–Crippen MR) is 98.8 cm³/mol. The lowest BCUT2D eigenvalue weighted by Crippen LogP contribution is -2.26. The fourth-order valence-corrected chi connectivity index (χ4v) is 2.46. The minimum atomic E-state index is -0.410. The Kier molecular flexibility index (Phi) is 5.88. The third-order valence-electron chi connectivity index (χ3n) is 3.78. The molecule has 3 rings (SSSR count). The number of hydrogen-bond acceptors (Lipinski definition) is 4. The van der Waals surface area contributed by atoms with Crippen LogP contribution in [0.2, 0.25) is 0 Å². The Bertz CT molecular complexity index is 870. The van der Waals surface area contributed by atoms with Crippen molar-refractivity contribution in [2.24, 2.45) is 0 Å². The molecule has 132 valence electrons. The molecule has 0 aliphatic carbocycles. The molecule has 2 aromatic carbocycles. The zero-order chi connectivity index (χ0) is 18.2. The lowest BCUT2D eigenvalue weighted by Gasteiger charge is -2.08. The van der Waals surface area contributed by atoms with E-state index in [1.807, 2.05) is 18.2 Å². The van der Waals surface area contributed by atoms with Gasteiger partial charge in [-0.3, -0.25) is 4.79 Å². The van der Waals surface area contributed by atoms with Gasteiger partial charge in [0.05, 0.1) is 5.69 Å². The Hall–Kier alpha value is -3.28. The van der Waals surface area contributed by atoms with Crippen LogP contribution in [-0.4, -0.2) is 22.4 Å². The average Bonchev–Trinajstić information content (AvgIpc) is 2.68. The first-order chi connectivity index (χ1) is 12.7. The monoisotopic (exact) mass is 350 g/mol. The summed E-state index contributed by atoms with van der Waals surface area (Å²) in [6.07, 6.45) is 3.20. The van der Waals surface area contributed by atoms with Crippen molar-refractivity contribution in [1.82, 2.24) is 15.3 Å². The number of carbonyl (C=O) groups is 1. The van der Waals surface area contributed by atoms with Gasteiger partial charge < -0.3 is 10.6 Å². The summed E-state index contributed by atoms with van der Waals surface area (Å²) in [5.74, 6) is -0.518. The van der Waals surface area contributed by atoms with Crippen LogP contribution in [0.4, 0.5) is 16.0 Å². The van der Waals surface area contributed by atoms with E-state index in [0.717, 1.165) is 12.8 Å². The SMILES string of the molecule is O=C(NCCCc1ccccc1)c1ccnc(Nc2ccccc2F)n1. The highest BCUT2D eigenvalue weighted by Gasteiger charge is 2.09. The molecule has 0 bridgehead atoms.